The third-order valence-electron chi connectivity index (χ3n) is 8.49. The summed E-state index contributed by atoms with van der Waals surface area (Å²) in [7, 11) is -4.18. The molecule has 1 aliphatic rings. The first-order valence-electron chi connectivity index (χ1n) is 15.7. The van der Waals surface area contributed by atoms with E-state index in [0.29, 0.717) is 21.3 Å². The van der Waals surface area contributed by atoms with Crippen LogP contribution in [0.5, 0.6) is 0 Å². The Bertz CT molecular complexity index is 1810. The van der Waals surface area contributed by atoms with Crippen LogP contribution in [0.4, 0.5) is 5.69 Å². The second kappa shape index (κ2) is 15.4. The number of carbonyl (C=O) groups excluding carboxylic acids is 2. The van der Waals surface area contributed by atoms with Crippen molar-refractivity contribution in [3.63, 3.8) is 0 Å². The standard InChI is InChI=1S/C37H39Cl2N3O4S/c1-26-15-18-32(19-16-26)47(45,46)42(31-14-8-9-27(2)21-31)25-36(43)41(24-29-17-20-33(38)34(39)22-29)35(23-28-10-4-3-5-11-28)37(44)40-30-12-6-7-13-30/h3-5,8-11,14-22,30,35H,6-7,12-13,23-25H2,1-2H3,(H,40,44)/t35-/m1/s1. The Morgan fingerprint density at radius 2 is 1.51 bits per heavy atom. The van der Waals surface area contributed by atoms with E-state index in [-0.39, 0.29) is 29.8 Å². The summed E-state index contributed by atoms with van der Waals surface area (Å²) in [4.78, 5) is 30.3. The highest BCUT2D eigenvalue weighted by Gasteiger charge is 2.35. The molecular weight excluding hydrogens is 653 g/mol. The number of anilines is 1. The molecule has 0 bridgehead atoms. The van der Waals surface area contributed by atoms with Crippen molar-refractivity contribution in [2.45, 2.75) is 69.5 Å². The number of carbonyl (C=O) groups is 2. The van der Waals surface area contributed by atoms with E-state index >= 15 is 0 Å². The van der Waals surface area contributed by atoms with Gasteiger partial charge in [-0.2, -0.15) is 0 Å². The van der Waals surface area contributed by atoms with Crippen molar-refractivity contribution in [3.8, 4) is 0 Å². The Morgan fingerprint density at radius 1 is 0.809 bits per heavy atom. The molecule has 10 heteroatoms. The van der Waals surface area contributed by atoms with E-state index < -0.39 is 28.5 Å². The Labute approximate surface area is 287 Å². The van der Waals surface area contributed by atoms with Crippen molar-refractivity contribution < 1.29 is 18.0 Å². The number of aryl methyl sites for hydroxylation is 2. The maximum atomic E-state index is 14.7. The highest BCUT2D eigenvalue weighted by atomic mass is 35.5. The molecule has 1 atom stereocenters. The van der Waals surface area contributed by atoms with E-state index in [1.165, 1.54) is 4.90 Å². The fourth-order valence-corrected chi connectivity index (χ4v) is 7.63. The quantitative estimate of drug-likeness (QED) is 0.167. The maximum Gasteiger partial charge on any atom is 0.264 e. The molecule has 5 rings (SSSR count). The summed E-state index contributed by atoms with van der Waals surface area (Å²) < 4.78 is 29.6. The lowest BCUT2D eigenvalue weighted by Crippen LogP contribution is -2.54. The average Bonchev–Trinajstić information content (AvgIpc) is 3.56. The summed E-state index contributed by atoms with van der Waals surface area (Å²) >= 11 is 12.6. The molecule has 0 saturated heterocycles. The van der Waals surface area contributed by atoms with Crippen LogP contribution in [0.25, 0.3) is 0 Å². The van der Waals surface area contributed by atoms with Gasteiger partial charge in [-0.05, 0) is 79.8 Å². The Balaban J connectivity index is 1.58. The normalized spacial score (nSPS) is 14.0. The molecule has 7 nitrogen and oxygen atoms in total. The van der Waals surface area contributed by atoms with Crippen LogP contribution >= 0.6 is 23.2 Å². The summed E-state index contributed by atoms with van der Waals surface area (Å²) in [5.74, 6) is -0.812. The molecule has 0 heterocycles. The van der Waals surface area contributed by atoms with Crippen LogP contribution in [0.1, 0.15) is 47.9 Å². The molecule has 4 aromatic rings. The fourth-order valence-electron chi connectivity index (χ4n) is 5.91. The molecule has 0 spiro atoms. The van der Waals surface area contributed by atoms with Gasteiger partial charge in [0, 0.05) is 19.0 Å². The summed E-state index contributed by atoms with van der Waals surface area (Å²) in [6.07, 6.45) is 4.05. The molecule has 0 radical (unpaired) electrons. The molecule has 0 aromatic heterocycles. The first-order valence-corrected chi connectivity index (χ1v) is 17.9. The van der Waals surface area contributed by atoms with Crippen molar-refractivity contribution in [2.75, 3.05) is 10.8 Å². The summed E-state index contributed by atoms with van der Waals surface area (Å²) in [5, 5.41) is 3.86. The van der Waals surface area contributed by atoms with E-state index in [0.717, 1.165) is 46.7 Å². The van der Waals surface area contributed by atoms with Crippen LogP contribution in [0.3, 0.4) is 0 Å². The lowest BCUT2D eigenvalue weighted by molar-refractivity contribution is -0.140. The zero-order valence-electron chi connectivity index (χ0n) is 26.5. The van der Waals surface area contributed by atoms with Crippen molar-refractivity contribution in [2.24, 2.45) is 0 Å². The lowest BCUT2D eigenvalue weighted by Gasteiger charge is -2.34. The number of hydrogen-bond donors (Lipinski definition) is 1. The van der Waals surface area contributed by atoms with Gasteiger partial charge in [0.05, 0.1) is 20.6 Å². The molecule has 1 N–H and O–H groups in total. The molecule has 0 unspecified atom stereocenters. The van der Waals surface area contributed by atoms with Gasteiger partial charge in [-0.3, -0.25) is 13.9 Å². The van der Waals surface area contributed by atoms with Crippen LogP contribution in [0.15, 0.2) is 102 Å². The van der Waals surface area contributed by atoms with Crippen LogP contribution in [0.2, 0.25) is 10.0 Å². The number of rotatable bonds is 12. The SMILES string of the molecule is Cc1ccc(S(=O)(=O)N(CC(=O)N(Cc2ccc(Cl)c(Cl)c2)[C@H](Cc2ccccc2)C(=O)NC2CCCC2)c2cccc(C)c2)cc1. The number of nitrogens with zero attached hydrogens (tertiary/aromatic N) is 2. The molecule has 2 amide bonds. The van der Waals surface area contributed by atoms with E-state index in [1.807, 2.05) is 50.2 Å². The maximum absolute atomic E-state index is 14.7. The fraction of sp³-hybridized carbons (Fsp3) is 0.297. The molecule has 246 valence electrons. The van der Waals surface area contributed by atoms with Gasteiger partial charge in [-0.25, -0.2) is 8.42 Å². The van der Waals surface area contributed by atoms with Crippen molar-refractivity contribution >= 4 is 50.7 Å². The van der Waals surface area contributed by atoms with Gasteiger partial charge < -0.3 is 10.2 Å². The highest BCUT2D eigenvalue weighted by Crippen LogP contribution is 2.28. The molecule has 1 saturated carbocycles. The monoisotopic (exact) mass is 691 g/mol. The van der Waals surface area contributed by atoms with Crippen LogP contribution in [0, 0.1) is 13.8 Å². The Morgan fingerprint density at radius 3 is 2.17 bits per heavy atom. The van der Waals surface area contributed by atoms with Crippen LogP contribution < -0.4 is 9.62 Å². The smallest absolute Gasteiger partial charge is 0.264 e. The van der Waals surface area contributed by atoms with Crippen LogP contribution in [-0.4, -0.2) is 43.8 Å². The largest absolute Gasteiger partial charge is 0.352 e. The Hall–Kier alpha value is -3.85. The minimum Gasteiger partial charge on any atom is -0.352 e. The minimum atomic E-state index is -4.18. The third kappa shape index (κ3) is 8.74. The minimum absolute atomic E-state index is 0.0115. The first-order chi connectivity index (χ1) is 22.5. The lowest BCUT2D eigenvalue weighted by atomic mass is 10.0. The second-order valence-electron chi connectivity index (χ2n) is 12.1. The molecule has 4 aromatic carbocycles. The number of hydrogen-bond acceptors (Lipinski definition) is 4. The van der Waals surface area contributed by atoms with Gasteiger partial charge in [-0.15, -0.1) is 0 Å². The van der Waals surface area contributed by atoms with Gasteiger partial charge in [0.25, 0.3) is 10.0 Å². The van der Waals surface area contributed by atoms with Crippen molar-refractivity contribution in [1.29, 1.82) is 0 Å². The molecule has 1 fully saturated rings. The van der Waals surface area contributed by atoms with E-state index in [1.54, 1.807) is 60.7 Å². The summed E-state index contributed by atoms with van der Waals surface area (Å²) in [6, 6.07) is 27.2. The van der Waals surface area contributed by atoms with Crippen molar-refractivity contribution in [3.05, 3.63) is 129 Å². The van der Waals surface area contributed by atoms with E-state index in [4.69, 9.17) is 23.2 Å². The molecule has 47 heavy (non-hydrogen) atoms. The summed E-state index contributed by atoms with van der Waals surface area (Å²) in [6.45, 7) is 3.23. The molecule has 0 aliphatic heterocycles. The first kappa shape index (κ1) is 34.5. The molecule has 1 aliphatic carbocycles. The number of sulfonamides is 1. The number of nitrogens with one attached hydrogen (secondary N) is 1. The topological polar surface area (TPSA) is 86.8 Å². The predicted octanol–water partition coefficient (Wildman–Crippen LogP) is 7.50. The van der Waals surface area contributed by atoms with E-state index in [2.05, 4.69) is 5.32 Å². The van der Waals surface area contributed by atoms with Gasteiger partial charge in [-0.1, -0.05) is 102 Å². The zero-order valence-corrected chi connectivity index (χ0v) is 28.9. The third-order valence-corrected chi connectivity index (χ3v) is 11.0. The van der Waals surface area contributed by atoms with Crippen LogP contribution in [-0.2, 0) is 32.6 Å². The predicted molar refractivity (Wildman–Crippen MR) is 188 cm³/mol. The van der Waals surface area contributed by atoms with Gasteiger partial charge in [0.15, 0.2) is 0 Å². The summed E-state index contributed by atoms with van der Waals surface area (Å²) in [5.41, 5.74) is 3.62. The number of amides is 2. The zero-order chi connectivity index (χ0) is 33.6. The number of halogens is 2. The Kier molecular flexibility index (Phi) is 11.3. The van der Waals surface area contributed by atoms with Gasteiger partial charge >= 0.3 is 0 Å². The molecular formula is C37H39Cl2N3O4S. The van der Waals surface area contributed by atoms with Crippen molar-refractivity contribution in [1.82, 2.24) is 10.2 Å². The highest BCUT2D eigenvalue weighted by molar-refractivity contribution is 7.92. The van der Waals surface area contributed by atoms with Gasteiger partial charge in [0.2, 0.25) is 11.8 Å². The number of benzene rings is 4. The van der Waals surface area contributed by atoms with Gasteiger partial charge in [0.1, 0.15) is 12.6 Å². The van der Waals surface area contributed by atoms with E-state index in [9.17, 15) is 18.0 Å². The second-order valence-corrected chi connectivity index (χ2v) is 14.8. The average molecular weight is 693 g/mol.